The van der Waals surface area contributed by atoms with E-state index < -0.39 is 6.29 Å². The Bertz CT molecular complexity index is 1430. The van der Waals surface area contributed by atoms with E-state index in [0.717, 1.165) is 75.8 Å². The van der Waals surface area contributed by atoms with Crippen molar-refractivity contribution in [2.75, 3.05) is 18.2 Å². The van der Waals surface area contributed by atoms with E-state index in [1.54, 1.807) is 18.9 Å². The summed E-state index contributed by atoms with van der Waals surface area (Å²) in [7, 11) is 1.69. The number of hydrogen-bond donors (Lipinski definition) is 3. The number of carbonyl (C=O) groups excluding carboxylic acids is 1. The van der Waals surface area contributed by atoms with Gasteiger partial charge in [0, 0.05) is 33.9 Å². The Hall–Kier alpha value is -3.04. The summed E-state index contributed by atoms with van der Waals surface area (Å²) in [4.78, 5) is 14.4. The fraction of sp³-hybridized carbons (Fsp3) is 0.472. The van der Waals surface area contributed by atoms with Crippen molar-refractivity contribution in [2.45, 2.75) is 80.5 Å². The lowest BCUT2D eigenvalue weighted by molar-refractivity contribution is -0.245. The molecule has 7 nitrogen and oxygen atoms in total. The Morgan fingerprint density at radius 2 is 1.64 bits per heavy atom. The topological polar surface area (TPSA) is 89.0 Å². The number of rotatable bonds is 9. The molecule has 0 aromatic heterocycles. The third kappa shape index (κ3) is 6.50. The van der Waals surface area contributed by atoms with Crippen LogP contribution in [0, 0.1) is 17.8 Å². The molecule has 3 N–H and O–H groups in total. The van der Waals surface area contributed by atoms with Crippen LogP contribution in [0.5, 0.6) is 5.75 Å². The van der Waals surface area contributed by atoms with E-state index in [4.69, 9.17) is 14.2 Å². The molecule has 1 aliphatic heterocycles. The number of anilines is 1. The highest BCUT2D eigenvalue weighted by molar-refractivity contribution is 7.99. The van der Waals surface area contributed by atoms with Crippen LogP contribution in [0.3, 0.4) is 0 Å². The summed E-state index contributed by atoms with van der Waals surface area (Å²) in [5, 5.41) is 16.1. The summed E-state index contributed by atoms with van der Waals surface area (Å²) in [6.45, 7) is 0.00590. The van der Waals surface area contributed by atoms with Crippen molar-refractivity contribution in [1.29, 1.82) is 0 Å². The van der Waals surface area contributed by atoms with Gasteiger partial charge in [-0.15, -0.1) is 11.8 Å². The first kappa shape index (κ1) is 29.7. The number of thioether (sulfide) groups is 1. The number of nitrogens with one attached hydrogen (secondary N) is 2. The molecular weight excluding hydrogens is 572 g/mol. The van der Waals surface area contributed by atoms with E-state index in [9.17, 15) is 9.90 Å². The Kier molecular flexibility index (Phi) is 8.60. The molecule has 1 saturated heterocycles. The highest BCUT2D eigenvalue weighted by atomic mass is 32.2. The molecule has 5 fully saturated rings. The number of aliphatic hydroxyl groups is 1. The Morgan fingerprint density at radius 1 is 0.909 bits per heavy atom. The molecule has 4 bridgehead atoms. The minimum Gasteiger partial charge on any atom is -0.496 e. The molecule has 0 spiro atoms. The van der Waals surface area contributed by atoms with Crippen LogP contribution in [-0.4, -0.2) is 35.6 Å². The van der Waals surface area contributed by atoms with E-state index in [0.29, 0.717) is 6.42 Å². The van der Waals surface area contributed by atoms with Crippen molar-refractivity contribution in [3.05, 3.63) is 89.5 Å². The quantitative estimate of drug-likeness (QED) is 0.215. The fourth-order valence-electron chi connectivity index (χ4n) is 8.37. The Balaban J connectivity index is 1.06. The summed E-state index contributed by atoms with van der Waals surface area (Å²) in [5.41, 5.74) is 3.46. The lowest BCUT2D eigenvalue weighted by atomic mass is 9.53. The number of aliphatic hydroxyl groups excluding tert-OH is 1. The van der Waals surface area contributed by atoms with Crippen LogP contribution in [-0.2, 0) is 16.1 Å². The molecule has 5 aliphatic rings. The monoisotopic (exact) mass is 614 g/mol. The molecule has 3 atom stereocenters. The molecule has 1 heterocycles. The van der Waals surface area contributed by atoms with Crippen molar-refractivity contribution < 1.29 is 24.1 Å². The minimum atomic E-state index is -0.595. The summed E-state index contributed by atoms with van der Waals surface area (Å²) in [6, 6.07) is 23.7. The zero-order valence-electron chi connectivity index (χ0n) is 25.2. The van der Waals surface area contributed by atoms with Gasteiger partial charge in [0.05, 0.1) is 25.9 Å². The van der Waals surface area contributed by atoms with Gasteiger partial charge in [0.2, 0.25) is 0 Å². The third-order valence-corrected chi connectivity index (χ3v) is 11.1. The predicted octanol–water partition coefficient (Wildman–Crippen LogP) is 7.62. The van der Waals surface area contributed by atoms with Crippen molar-refractivity contribution in [3.63, 3.8) is 0 Å². The maximum absolute atomic E-state index is 13.3. The highest BCUT2D eigenvalue weighted by Gasteiger charge is 2.51. The maximum atomic E-state index is 13.3. The normalized spacial score (nSPS) is 30.6. The van der Waals surface area contributed by atoms with Crippen LogP contribution in [0.25, 0.3) is 0 Å². The van der Waals surface area contributed by atoms with Gasteiger partial charge >= 0.3 is 6.03 Å². The third-order valence-electron chi connectivity index (χ3n) is 9.94. The number of ether oxygens (including phenoxy) is 3. The van der Waals surface area contributed by atoms with Gasteiger partial charge < -0.3 is 30.0 Å². The molecule has 0 radical (unpaired) electrons. The highest BCUT2D eigenvalue weighted by Crippen LogP contribution is 2.55. The van der Waals surface area contributed by atoms with Gasteiger partial charge in [0.25, 0.3) is 0 Å². The predicted molar refractivity (Wildman–Crippen MR) is 172 cm³/mol. The minimum absolute atomic E-state index is 0.00590. The van der Waals surface area contributed by atoms with Crippen LogP contribution in [0.4, 0.5) is 10.5 Å². The lowest BCUT2D eigenvalue weighted by Crippen LogP contribution is -2.60. The second-order valence-electron chi connectivity index (χ2n) is 13.2. The number of methoxy groups -OCH3 is 1. The Labute approximate surface area is 264 Å². The van der Waals surface area contributed by atoms with Crippen LogP contribution >= 0.6 is 11.8 Å². The van der Waals surface area contributed by atoms with Gasteiger partial charge in [0.15, 0.2) is 6.29 Å². The first-order valence-electron chi connectivity index (χ1n) is 15.9. The van der Waals surface area contributed by atoms with Crippen LogP contribution in [0.1, 0.15) is 74.0 Å². The van der Waals surface area contributed by atoms with Gasteiger partial charge in [0.1, 0.15) is 5.75 Å². The molecule has 4 saturated carbocycles. The molecule has 44 heavy (non-hydrogen) atoms. The van der Waals surface area contributed by atoms with Crippen molar-refractivity contribution in [3.8, 4) is 5.75 Å². The number of urea groups is 1. The first-order chi connectivity index (χ1) is 21.5. The summed E-state index contributed by atoms with van der Waals surface area (Å²) in [5.74, 6) is 3.89. The van der Waals surface area contributed by atoms with Crippen molar-refractivity contribution in [1.82, 2.24) is 5.32 Å². The van der Waals surface area contributed by atoms with Gasteiger partial charge in [-0.05, 0) is 91.7 Å². The van der Waals surface area contributed by atoms with E-state index in [1.807, 2.05) is 66.7 Å². The van der Waals surface area contributed by atoms with Gasteiger partial charge in [-0.2, -0.15) is 0 Å². The molecule has 2 amide bonds. The van der Waals surface area contributed by atoms with Crippen molar-refractivity contribution >= 4 is 23.5 Å². The number of carbonyl (C=O) groups is 1. The first-order valence-corrected chi connectivity index (χ1v) is 16.9. The van der Waals surface area contributed by atoms with Gasteiger partial charge in [-0.1, -0.05) is 48.5 Å². The van der Waals surface area contributed by atoms with Crippen LogP contribution in [0.2, 0.25) is 0 Å². The second-order valence-corrected chi connectivity index (χ2v) is 14.3. The van der Waals surface area contributed by atoms with Gasteiger partial charge in [-0.25, -0.2) is 4.79 Å². The van der Waals surface area contributed by atoms with E-state index in [1.165, 1.54) is 19.3 Å². The molecule has 4 aliphatic carbocycles. The number of benzene rings is 3. The SMILES string of the molecule is COc1ccccc1SC[C@H]1C[C@@H](c2ccc(CO)cc2)O[C@@H](c2cccc(NC(=O)NC34CC5CC(CC(C5)C3)C4)c2)O1. The summed E-state index contributed by atoms with van der Waals surface area (Å²) >= 11 is 1.71. The molecule has 3 aromatic rings. The maximum Gasteiger partial charge on any atom is 0.319 e. The van der Waals surface area contributed by atoms with E-state index in [2.05, 4.69) is 16.7 Å². The lowest BCUT2D eigenvalue weighted by Gasteiger charge is -2.56. The second kappa shape index (κ2) is 12.8. The molecule has 8 heteroatoms. The smallest absolute Gasteiger partial charge is 0.319 e. The number of amides is 2. The zero-order valence-corrected chi connectivity index (χ0v) is 26.1. The average Bonchev–Trinajstić information content (AvgIpc) is 3.03. The van der Waals surface area contributed by atoms with E-state index >= 15 is 0 Å². The van der Waals surface area contributed by atoms with Crippen LogP contribution in [0.15, 0.2) is 77.7 Å². The van der Waals surface area contributed by atoms with Crippen LogP contribution < -0.4 is 15.4 Å². The van der Waals surface area contributed by atoms with Crippen molar-refractivity contribution in [2.24, 2.45) is 17.8 Å². The summed E-state index contributed by atoms with van der Waals surface area (Å²) in [6.07, 6.45) is 7.22. The summed E-state index contributed by atoms with van der Waals surface area (Å²) < 4.78 is 18.7. The zero-order chi connectivity index (χ0) is 30.1. The number of hydrogen-bond acceptors (Lipinski definition) is 6. The molecular formula is C36H42N2O5S. The number of para-hydroxylation sites is 1. The standard InChI is InChI=1S/C36H42N2O5S/c1-41-31-7-2-3-8-33(31)44-22-30-17-32(27-11-9-23(21-39)10-12-27)43-34(42-30)28-5-4-6-29(16-28)37-35(40)38-36-18-24-13-25(19-36)15-26(14-24)20-36/h2-12,16,24-26,30,32,34,39H,13-15,17-22H2,1H3,(H2,37,38,40)/t24?,25?,26?,30-,32+,34+,36?/m1/s1. The molecule has 232 valence electrons. The molecule has 0 unspecified atom stereocenters. The average molecular weight is 615 g/mol. The molecule has 3 aromatic carbocycles. The largest absolute Gasteiger partial charge is 0.496 e. The fourth-order valence-corrected chi connectivity index (χ4v) is 9.42. The molecule has 8 rings (SSSR count). The Morgan fingerprint density at radius 3 is 2.34 bits per heavy atom. The van der Waals surface area contributed by atoms with Gasteiger partial charge in [-0.3, -0.25) is 0 Å². The van der Waals surface area contributed by atoms with E-state index in [-0.39, 0.29) is 30.4 Å².